The van der Waals surface area contributed by atoms with Crippen LogP contribution < -0.4 is 5.56 Å². The number of aliphatic hydroxyl groups is 1. The number of nitrogens with one attached hydrogen (secondary N) is 2. The summed E-state index contributed by atoms with van der Waals surface area (Å²) in [6.45, 7) is 2.88. The number of H-pyrrole nitrogens is 2. The Kier molecular flexibility index (Phi) is 3.63. The summed E-state index contributed by atoms with van der Waals surface area (Å²) >= 11 is 0. The summed E-state index contributed by atoms with van der Waals surface area (Å²) in [6.07, 6.45) is 1.27. The van der Waals surface area contributed by atoms with E-state index in [9.17, 15) is 4.79 Å². The van der Waals surface area contributed by atoms with Gasteiger partial charge in [-0.3, -0.25) is 9.80 Å². The standard InChI is InChI=1S/C9H13N7O2/c1-2-16(3-4-17)15-14-9-12-6-7(13-9)10-5-11-8(6)18/h5,17H,2-4H2,1H3,(H2,10,11,12,13,18)/b15-14+. The van der Waals surface area contributed by atoms with Crippen LogP contribution in [0, 0.1) is 0 Å². The molecule has 18 heavy (non-hydrogen) atoms. The minimum Gasteiger partial charge on any atom is -0.394 e. The fourth-order valence-electron chi connectivity index (χ4n) is 1.36. The quantitative estimate of drug-likeness (QED) is 0.508. The van der Waals surface area contributed by atoms with Crippen LogP contribution in [-0.4, -0.2) is 49.7 Å². The molecule has 9 heteroatoms. The van der Waals surface area contributed by atoms with Crippen LogP contribution in [-0.2, 0) is 0 Å². The van der Waals surface area contributed by atoms with Gasteiger partial charge in [-0.1, -0.05) is 10.3 Å². The Morgan fingerprint density at radius 1 is 1.56 bits per heavy atom. The fourth-order valence-corrected chi connectivity index (χ4v) is 1.36. The molecule has 2 rings (SSSR count). The smallest absolute Gasteiger partial charge is 0.276 e. The Morgan fingerprint density at radius 3 is 3.06 bits per heavy atom. The second kappa shape index (κ2) is 5.36. The number of likely N-dealkylation sites (N-methyl/N-ethyl adjacent to an activating group) is 1. The largest absolute Gasteiger partial charge is 0.394 e. The van der Waals surface area contributed by atoms with Gasteiger partial charge in [-0.05, 0) is 6.92 Å². The topological polar surface area (TPSA) is 123 Å². The lowest BCUT2D eigenvalue weighted by molar-refractivity contribution is 0.199. The fraction of sp³-hybridized carbons (Fsp3) is 0.444. The molecule has 9 nitrogen and oxygen atoms in total. The van der Waals surface area contributed by atoms with Crippen LogP contribution in [0.5, 0.6) is 0 Å². The Balaban J connectivity index is 2.24. The maximum atomic E-state index is 11.4. The van der Waals surface area contributed by atoms with E-state index in [1.165, 1.54) is 6.33 Å². The van der Waals surface area contributed by atoms with Crippen molar-refractivity contribution in [2.24, 2.45) is 10.3 Å². The summed E-state index contributed by atoms with van der Waals surface area (Å²) in [7, 11) is 0. The van der Waals surface area contributed by atoms with Crippen molar-refractivity contribution in [1.29, 1.82) is 0 Å². The zero-order valence-electron chi connectivity index (χ0n) is 9.79. The first-order valence-electron chi connectivity index (χ1n) is 5.45. The van der Waals surface area contributed by atoms with E-state index in [1.54, 1.807) is 5.01 Å². The zero-order valence-corrected chi connectivity index (χ0v) is 9.79. The molecule has 96 valence electrons. The first-order chi connectivity index (χ1) is 8.74. The molecule has 0 aromatic carbocycles. The molecule has 0 aliphatic heterocycles. The van der Waals surface area contributed by atoms with E-state index < -0.39 is 0 Å². The predicted octanol–water partition coefficient (Wildman–Crippen LogP) is -0.0409. The van der Waals surface area contributed by atoms with Gasteiger partial charge in [0.2, 0.25) is 0 Å². The van der Waals surface area contributed by atoms with Crippen molar-refractivity contribution in [2.75, 3.05) is 19.7 Å². The number of rotatable bonds is 5. The van der Waals surface area contributed by atoms with Crippen molar-refractivity contribution < 1.29 is 5.11 Å². The van der Waals surface area contributed by atoms with Gasteiger partial charge in [0.1, 0.15) is 0 Å². The molecule has 0 amide bonds. The molecule has 0 aliphatic rings. The molecule has 3 N–H and O–H groups in total. The average molecular weight is 251 g/mol. The van der Waals surface area contributed by atoms with Crippen LogP contribution in [0.15, 0.2) is 21.5 Å². The lowest BCUT2D eigenvalue weighted by atomic mass is 10.6. The second-order valence-electron chi connectivity index (χ2n) is 3.45. The maximum absolute atomic E-state index is 11.4. The highest BCUT2D eigenvalue weighted by molar-refractivity contribution is 5.70. The minimum absolute atomic E-state index is 0.00574. The number of aromatic amines is 2. The van der Waals surface area contributed by atoms with Gasteiger partial charge in [0.05, 0.1) is 19.5 Å². The van der Waals surface area contributed by atoms with Gasteiger partial charge >= 0.3 is 0 Å². The third-order valence-corrected chi connectivity index (χ3v) is 2.27. The van der Waals surface area contributed by atoms with Gasteiger partial charge in [0.15, 0.2) is 11.2 Å². The first-order valence-corrected chi connectivity index (χ1v) is 5.45. The molecule has 0 bridgehead atoms. The third kappa shape index (κ3) is 2.51. The van der Waals surface area contributed by atoms with Crippen LogP contribution in [0.3, 0.4) is 0 Å². The van der Waals surface area contributed by atoms with Gasteiger partial charge < -0.3 is 15.1 Å². The number of aliphatic hydroxyl groups excluding tert-OH is 1. The van der Waals surface area contributed by atoms with Crippen molar-refractivity contribution in [2.45, 2.75) is 6.92 Å². The monoisotopic (exact) mass is 251 g/mol. The lowest BCUT2D eigenvalue weighted by Gasteiger charge is -2.11. The summed E-state index contributed by atoms with van der Waals surface area (Å²) in [5, 5.41) is 18.1. The maximum Gasteiger partial charge on any atom is 0.276 e. The molecular formula is C9H13N7O2. The second-order valence-corrected chi connectivity index (χ2v) is 3.45. The Bertz CT molecular complexity index is 602. The molecule has 2 aromatic rings. The number of hydrogen-bond acceptors (Lipinski definition) is 6. The van der Waals surface area contributed by atoms with E-state index in [-0.39, 0.29) is 29.3 Å². The van der Waals surface area contributed by atoms with E-state index in [1.807, 2.05) is 6.92 Å². The van der Waals surface area contributed by atoms with E-state index in [0.29, 0.717) is 13.1 Å². The Morgan fingerprint density at radius 2 is 2.39 bits per heavy atom. The molecule has 0 saturated heterocycles. The molecule has 0 fully saturated rings. The van der Waals surface area contributed by atoms with Crippen molar-refractivity contribution in [3.8, 4) is 0 Å². The summed E-state index contributed by atoms with van der Waals surface area (Å²) < 4.78 is 0. The van der Waals surface area contributed by atoms with Gasteiger partial charge in [-0.2, -0.15) is 4.98 Å². The Hall–Kier alpha value is -2.29. The number of hydrogen-bond donors (Lipinski definition) is 3. The normalized spacial score (nSPS) is 11.4. The minimum atomic E-state index is -0.309. The van der Waals surface area contributed by atoms with E-state index in [0.717, 1.165) is 0 Å². The van der Waals surface area contributed by atoms with Gasteiger partial charge in [0, 0.05) is 6.54 Å². The van der Waals surface area contributed by atoms with E-state index >= 15 is 0 Å². The first kappa shape index (κ1) is 12.2. The predicted molar refractivity (Wildman–Crippen MR) is 63.4 cm³/mol. The van der Waals surface area contributed by atoms with Crippen LogP contribution >= 0.6 is 0 Å². The van der Waals surface area contributed by atoms with Crippen LogP contribution in [0.25, 0.3) is 11.2 Å². The Labute approximate surface area is 102 Å². The summed E-state index contributed by atoms with van der Waals surface area (Å²) in [4.78, 5) is 24.5. The van der Waals surface area contributed by atoms with Crippen LogP contribution in [0.2, 0.25) is 0 Å². The van der Waals surface area contributed by atoms with Gasteiger partial charge in [0.25, 0.3) is 11.5 Å². The number of imidazole rings is 1. The van der Waals surface area contributed by atoms with Crippen LogP contribution in [0.1, 0.15) is 6.92 Å². The molecule has 0 unspecified atom stereocenters. The van der Waals surface area contributed by atoms with Crippen molar-refractivity contribution >= 4 is 17.1 Å². The van der Waals surface area contributed by atoms with Gasteiger partial charge in [-0.25, -0.2) is 4.98 Å². The molecule has 2 aromatic heterocycles. The highest BCUT2D eigenvalue weighted by Crippen LogP contribution is 2.10. The number of fused-ring (bicyclic) bond motifs is 1. The molecule has 0 radical (unpaired) electrons. The highest BCUT2D eigenvalue weighted by Gasteiger charge is 2.06. The molecule has 0 saturated carbocycles. The zero-order chi connectivity index (χ0) is 13.0. The molecule has 2 heterocycles. The highest BCUT2D eigenvalue weighted by atomic mass is 16.3. The van der Waals surface area contributed by atoms with Gasteiger partial charge in [-0.15, -0.1) is 0 Å². The molecule has 0 atom stereocenters. The molecule has 0 spiro atoms. The summed E-state index contributed by atoms with van der Waals surface area (Å²) in [5.74, 6) is 0.200. The SMILES string of the molecule is CCN(CCO)/N=N/c1nc2nc[nH]c(=O)c2[nH]1. The van der Waals surface area contributed by atoms with Crippen molar-refractivity contribution in [3.05, 3.63) is 16.7 Å². The average Bonchev–Trinajstić information content (AvgIpc) is 2.79. The summed E-state index contributed by atoms with van der Waals surface area (Å²) in [5.41, 5.74) is 0.242. The van der Waals surface area contributed by atoms with Crippen molar-refractivity contribution in [3.63, 3.8) is 0 Å². The lowest BCUT2D eigenvalue weighted by Crippen LogP contribution is -2.19. The molecular weight excluding hydrogens is 238 g/mol. The van der Waals surface area contributed by atoms with E-state index in [2.05, 4.69) is 30.3 Å². The third-order valence-electron chi connectivity index (χ3n) is 2.27. The number of nitrogens with zero attached hydrogens (tertiary/aromatic N) is 5. The summed E-state index contributed by atoms with van der Waals surface area (Å²) in [6, 6.07) is 0. The van der Waals surface area contributed by atoms with Crippen molar-refractivity contribution in [1.82, 2.24) is 24.9 Å². The number of aromatic nitrogens is 4. The van der Waals surface area contributed by atoms with E-state index in [4.69, 9.17) is 5.11 Å². The molecule has 0 aliphatic carbocycles. The van der Waals surface area contributed by atoms with Crippen LogP contribution in [0.4, 0.5) is 5.95 Å².